The van der Waals surface area contributed by atoms with E-state index in [1.807, 2.05) is 0 Å². The van der Waals surface area contributed by atoms with E-state index in [0.29, 0.717) is 0 Å². The standard InChI is InChI=1S/C16H23NO3S/c1-5-16(3,4)10-21-14(17-11(2)18)12-6-8-13(9-7-12)15(19)20/h6-9,14H,5,10H2,1-4H3,(H,17,18)(H,19,20). The van der Waals surface area contributed by atoms with Gasteiger partial charge in [0.15, 0.2) is 0 Å². The topological polar surface area (TPSA) is 66.4 Å². The molecule has 21 heavy (non-hydrogen) atoms. The predicted octanol–water partition coefficient (Wildman–Crippen LogP) is 3.69. The Balaban J connectivity index is 2.86. The molecule has 1 amide bonds. The summed E-state index contributed by atoms with van der Waals surface area (Å²) < 4.78 is 0. The summed E-state index contributed by atoms with van der Waals surface area (Å²) >= 11 is 1.67. The molecule has 0 heterocycles. The summed E-state index contributed by atoms with van der Waals surface area (Å²) in [5.74, 6) is -0.128. The van der Waals surface area contributed by atoms with Gasteiger partial charge >= 0.3 is 5.97 Å². The summed E-state index contributed by atoms with van der Waals surface area (Å²) in [7, 11) is 0. The Kier molecular flexibility index (Phi) is 6.27. The molecule has 1 aromatic carbocycles. The third-order valence-electron chi connectivity index (χ3n) is 3.39. The summed E-state index contributed by atoms with van der Waals surface area (Å²) in [4.78, 5) is 22.3. The van der Waals surface area contributed by atoms with Crippen LogP contribution >= 0.6 is 11.8 Å². The Bertz CT molecular complexity index is 497. The van der Waals surface area contributed by atoms with E-state index in [2.05, 4.69) is 26.1 Å². The summed E-state index contributed by atoms with van der Waals surface area (Å²) in [6, 6.07) is 6.65. The maximum Gasteiger partial charge on any atom is 0.335 e. The molecule has 0 aromatic heterocycles. The van der Waals surface area contributed by atoms with E-state index >= 15 is 0 Å². The van der Waals surface area contributed by atoms with Gasteiger partial charge in [-0.05, 0) is 23.1 Å². The lowest BCUT2D eigenvalue weighted by Crippen LogP contribution is -2.26. The molecule has 0 fully saturated rings. The highest BCUT2D eigenvalue weighted by atomic mass is 32.2. The van der Waals surface area contributed by atoms with E-state index in [4.69, 9.17) is 5.11 Å². The van der Waals surface area contributed by atoms with Crippen LogP contribution in [-0.4, -0.2) is 22.7 Å². The monoisotopic (exact) mass is 309 g/mol. The Hall–Kier alpha value is -1.49. The van der Waals surface area contributed by atoms with Gasteiger partial charge in [0.05, 0.1) is 5.56 Å². The van der Waals surface area contributed by atoms with Gasteiger partial charge in [-0.15, -0.1) is 11.8 Å². The van der Waals surface area contributed by atoms with Gasteiger partial charge in [0.25, 0.3) is 0 Å². The molecular weight excluding hydrogens is 286 g/mol. The SMILES string of the molecule is CCC(C)(C)CSC(NC(C)=O)c1ccc(C(=O)O)cc1. The largest absolute Gasteiger partial charge is 0.478 e. The first kappa shape index (κ1) is 17.6. The molecule has 1 atom stereocenters. The second kappa shape index (κ2) is 7.50. The van der Waals surface area contributed by atoms with Crippen molar-refractivity contribution in [1.29, 1.82) is 0 Å². The average Bonchev–Trinajstić information content (AvgIpc) is 2.43. The molecule has 1 aromatic rings. The minimum absolute atomic E-state index is 0.0934. The number of amides is 1. The molecule has 4 nitrogen and oxygen atoms in total. The van der Waals surface area contributed by atoms with Crippen molar-refractivity contribution < 1.29 is 14.7 Å². The van der Waals surface area contributed by atoms with E-state index in [-0.39, 0.29) is 22.3 Å². The molecule has 1 rings (SSSR count). The molecule has 0 bridgehead atoms. The van der Waals surface area contributed by atoms with Gasteiger partial charge in [0, 0.05) is 12.7 Å². The van der Waals surface area contributed by atoms with Crippen LogP contribution in [-0.2, 0) is 4.79 Å². The fourth-order valence-electron chi connectivity index (χ4n) is 1.62. The smallest absolute Gasteiger partial charge is 0.335 e. The van der Waals surface area contributed by atoms with Crippen molar-refractivity contribution in [2.45, 2.75) is 39.5 Å². The number of nitrogens with one attached hydrogen (secondary N) is 1. The average molecular weight is 309 g/mol. The van der Waals surface area contributed by atoms with Crippen molar-refractivity contribution in [3.63, 3.8) is 0 Å². The highest BCUT2D eigenvalue weighted by molar-refractivity contribution is 7.99. The first-order valence-electron chi connectivity index (χ1n) is 6.97. The van der Waals surface area contributed by atoms with Crippen LogP contribution < -0.4 is 5.32 Å². The first-order valence-corrected chi connectivity index (χ1v) is 8.02. The number of thioether (sulfide) groups is 1. The lowest BCUT2D eigenvalue weighted by Gasteiger charge is -2.26. The van der Waals surface area contributed by atoms with Gasteiger partial charge in [-0.3, -0.25) is 4.79 Å². The zero-order valence-corrected chi connectivity index (χ0v) is 13.8. The van der Waals surface area contributed by atoms with Crippen LogP contribution in [0.4, 0.5) is 0 Å². The Labute approximate surface area is 130 Å². The number of hydrogen-bond acceptors (Lipinski definition) is 3. The van der Waals surface area contributed by atoms with Crippen molar-refractivity contribution in [3.05, 3.63) is 35.4 Å². The zero-order valence-electron chi connectivity index (χ0n) is 13.0. The van der Waals surface area contributed by atoms with Crippen LogP contribution in [0.15, 0.2) is 24.3 Å². The molecule has 2 N–H and O–H groups in total. The van der Waals surface area contributed by atoms with Crippen molar-refractivity contribution in [2.75, 3.05) is 5.75 Å². The van der Waals surface area contributed by atoms with Gasteiger partial charge in [-0.1, -0.05) is 39.3 Å². The molecular formula is C16H23NO3S. The number of benzene rings is 1. The van der Waals surface area contributed by atoms with Gasteiger partial charge in [-0.2, -0.15) is 0 Å². The van der Waals surface area contributed by atoms with Gasteiger partial charge in [0.1, 0.15) is 5.37 Å². The van der Waals surface area contributed by atoms with Gasteiger partial charge < -0.3 is 10.4 Å². The minimum atomic E-state index is -0.947. The third kappa shape index (κ3) is 5.79. The number of carbonyl (C=O) groups excluding carboxylic acids is 1. The number of carbonyl (C=O) groups is 2. The highest BCUT2D eigenvalue weighted by Gasteiger charge is 2.20. The van der Waals surface area contributed by atoms with E-state index < -0.39 is 5.97 Å². The molecule has 0 spiro atoms. The van der Waals surface area contributed by atoms with E-state index in [1.165, 1.54) is 6.92 Å². The normalized spacial score (nSPS) is 12.8. The Morgan fingerprint density at radius 1 is 1.29 bits per heavy atom. The predicted molar refractivity (Wildman–Crippen MR) is 86.5 cm³/mol. The van der Waals surface area contributed by atoms with Crippen LogP contribution in [0.25, 0.3) is 0 Å². The molecule has 0 aliphatic carbocycles. The second-order valence-electron chi connectivity index (χ2n) is 5.84. The number of rotatable bonds is 7. The van der Waals surface area contributed by atoms with Crippen LogP contribution in [0.5, 0.6) is 0 Å². The second-order valence-corrected chi connectivity index (χ2v) is 6.93. The van der Waals surface area contributed by atoms with E-state index in [9.17, 15) is 9.59 Å². The summed E-state index contributed by atoms with van der Waals surface area (Å²) in [6.07, 6.45) is 1.06. The fraction of sp³-hybridized carbons (Fsp3) is 0.500. The van der Waals surface area contributed by atoms with Crippen molar-refractivity contribution >= 4 is 23.6 Å². The summed E-state index contributed by atoms with van der Waals surface area (Å²) in [6.45, 7) is 8.02. The summed E-state index contributed by atoms with van der Waals surface area (Å²) in [5, 5.41) is 11.7. The lowest BCUT2D eigenvalue weighted by atomic mass is 9.93. The molecule has 0 aliphatic heterocycles. The third-order valence-corrected chi connectivity index (χ3v) is 5.06. The van der Waals surface area contributed by atoms with Crippen LogP contribution in [0.2, 0.25) is 0 Å². The fourth-order valence-corrected chi connectivity index (χ4v) is 3.04. The quantitative estimate of drug-likeness (QED) is 0.754. The number of carboxylic acids is 1. The van der Waals surface area contributed by atoms with Gasteiger partial charge in [0.2, 0.25) is 5.91 Å². The molecule has 0 saturated carbocycles. The van der Waals surface area contributed by atoms with Crippen LogP contribution in [0.3, 0.4) is 0 Å². The van der Waals surface area contributed by atoms with Crippen LogP contribution in [0.1, 0.15) is 55.4 Å². The van der Waals surface area contributed by atoms with Crippen LogP contribution in [0, 0.1) is 5.41 Å². The molecule has 0 saturated heterocycles. The van der Waals surface area contributed by atoms with Crippen molar-refractivity contribution in [2.24, 2.45) is 5.41 Å². The highest BCUT2D eigenvalue weighted by Crippen LogP contribution is 2.33. The molecule has 116 valence electrons. The minimum Gasteiger partial charge on any atom is -0.478 e. The zero-order chi connectivity index (χ0) is 16.0. The molecule has 5 heteroatoms. The maximum absolute atomic E-state index is 11.4. The van der Waals surface area contributed by atoms with Crippen molar-refractivity contribution in [3.8, 4) is 0 Å². The van der Waals surface area contributed by atoms with E-state index in [0.717, 1.165) is 17.7 Å². The van der Waals surface area contributed by atoms with Crippen molar-refractivity contribution in [1.82, 2.24) is 5.32 Å². The Morgan fingerprint density at radius 3 is 2.29 bits per heavy atom. The number of aromatic carboxylic acids is 1. The number of carboxylic acid groups (broad SMARTS) is 1. The maximum atomic E-state index is 11.4. The number of hydrogen-bond donors (Lipinski definition) is 2. The van der Waals surface area contributed by atoms with E-state index in [1.54, 1.807) is 36.0 Å². The van der Waals surface area contributed by atoms with Gasteiger partial charge in [-0.25, -0.2) is 4.79 Å². The summed E-state index contributed by atoms with van der Waals surface area (Å²) in [5.41, 5.74) is 1.36. The molecule has 0 radical (unpaired) electrons. The molecule has 0 aliphatic rings. The molecule has 1 unspecified atom stereocenters. The lowest BCUT2D eigenvalue weighted by molar-refractivity contribution is -0.119. The Morgan fingerprint density at radius 2 is 1.86 bits per heavy atom. The first-order chi connectivity index (χ1) is 9.75.